The highest BCUT2D eigenvalue weighted by Crippen LogP contribution is 2.18. The van der Waals surface area contributed by atoms with Crippen molar-refractivity contribution in [3.8, 4) is 0 Å². The van der Waals surface area contributed by atoms with Gasteiger partial charge in [0.25, 0.3) is 0 Å². The summed E-state index contributed by atoms with van der Waals surface area (Å²) in [6, 6.07) is 2.34. The smallest absolute Gasteiger partial charge is 0.0925 e. The quantitative estimate of drug-likeness (QED) is 0.411. The molecule has 1 rings (SSSR count). The van der Waals surface area contributed by atoms with Crippen LogP contribution in [0.2, 0.25) is 0 Å². The van der Waals surface area contributed by atoms with Crippen molar-refractivity contribution in [3.05, 3.63) is 17.2 Å². The van der Waals surface area contributed by atoms with E-state index in [0.29, 0.717) is 0 Å². The zero-order valence-electron chi connectivity index (χ0n) is 10.6. The molecule has 0 unspecified atom stereocenters. The van der Waals surface area contributed by atoms with Gasteiger partial charge in [0.15, 0.2) is 0 Å². The minimum absolute atomic E-state index is 0.257. The molecule has 0 saturated carbocycles. The van der Waals surface area contributed by atoms with E-state index in [-0.39, 0.29) is 5.41 Å². The molecule has 0 aliphatic carbocycles. The van der Waals surface area contributed by atoms with Gasteiger partial charge in [-0.2, -0.15) is 0 Å². The van der Waals surface area contributed by atoms with E-state index in [2.05, 4.69) is 57.3 Å². The van der Waals surface area contributed by atoms with Gasteiger partial charge >= 0.3 is 0 Å². The monoisotopic (exact) mass is 184 g/mol. The summed E-state index contributed by atoms with van der Waals surface area (Å²) in [6.07, 6.45) is 0. The largest absolute Gasteiger partial charge is 0.139 e. The average Bonchev–Trinajstić information content (AvgIpc) is 2.06. The average molecular weight is 184 g/mol. The van der Waals surface area contributed by atoms with Crippen LogP contribution in [-0.2, 0) is 5.41 Å². The van der Waals surface area contributed by atoms with Gasteiger partial charge in [-0.1, -0.05) is 54.4 Å². The molecule has 0 N–H and O–H groups in total. The Balaban J connectivity index is 3.49. The van der Waals surface area contributed by atoms with Gasteiger partial charge in [-0.15, -0.1) is 0 Å². The summed E-state index contributed by atoms with van der Waals surface area (Å²) in [5.74, 6) is 0. The fourth-order valence-electron chi connectivity index (χ4n) is 1.99. The molecule has 3 heteroatoms. The molecule has 14 heavy (non-hydrogen) atoms. The van der Waals surface area contributed by atoms with Crippen LogP contribution in [0.3, 0.4) is 0 Å². The second-order valence-electron chi connectivity index (χ2n) is 5.37. The molecule has 0 amide bonds. The first-order valence-corrected chi connectivity index (χ1v) is 5.33. The van der Waals surface area contributed by atoms with Crippen LogP contribution in [0.4, 0.5) is 0 Å². The van der Waals surface area contributed by atoms with Crippen molar-refractivity contribution >= 4 is 39.9 Å². The van der Waals surface area contributed by atoms with Crippen molar-refractivity contribution in [2.75, 3.05) is 0 Å². The minimum atomic E-state index is 0.257. The molecular formula is C11H19B3. The van der Waals surface area contributed by atoms with Gasteiger partial charge in [0.05, 0.1) is 0 Å². The molecule has 0 fully saturated rings. The molecule has 72 valence electrons. The van der Waals surface area contributed by atoms with E-state index in [1.165, 1.54) is 27.5 Å². The highest BCUT2D eigenvalue weighted by Gasteiger charge is 2.18. The van der Waals surface area contributed by atoms with Crippen molar-refractivity contribution in [2.45, 2.75) is 33.1 Å². The van der Waals surface area contributed by atoms with Crippen molar-refractivity contribution in [3.63, 3.8) is 0 Å². The van der Waals surface area contributed by atoms with Crippen molar-refractivity contribution in [1.82, 2.24) is 0 Å². The summed E-state index contributed by atoms with van der Waals surface area (Å²) in [4.78, 5) is 0. The van der Waals surface area contributed by atoms with Gasteiger partial charge < -0.3 is 0 Å². The van der Waals surface area contributed by atoms with Crippen LogP contribution >= 0.6 is 0 Å². The highest BCUT2D eigenvalue weighted by molar-refractivity contribution is 6.51. The van der Waals surface area contributed by atoms with Crippen LogP contribution < -0.4 is 16.4 Å². The summed E-state index contributed by atoms with van der Waals surface area (Å²) in [5, 5.41) is 0. The molecule has 0 aliphatic rings. The second kappa shape index (κ2) is 3.53. The Morgan fingerprint density at radius 3 is 1.93 bits per heavy atom. The molecule has 0 spiro atoms. The molecule has 0 saturated heterocycles. The van der Waals surface area contributed by atoms with Gasteiger partial charge in [-0.3, -0.25) is 0 Å². The van der Waals surface area contributed by atoms with E-state index in [1.54, 1.807) is 0 Å². The molecule has 0 nitrogen and oxygen atoms in total. The van der Waals surface area contributed by atoms with E-state index < -0.39 is 0 Å². The Bertz CT molecular complexity index is 362. The summed E-state index contributed by atoms with van der Waals surface area (Å²) in [7, 11) is 6.67. The summed E-state index contributed by atoms with van der Waals surface area (Å²) < 4.78 is 0. The normalized spacial score (nSPS) is 11.7. The van der Waals surface area contributed by atoms with Crippen LogP contribution in [0.25, 0.3) is 0 Å². The SMILES string of the molecule is Bc1cc(C(C)(C)C)c(B)c(B)c1C. The lowest BCUT2D eigenvalue weighted by Gasteiger charge is -2.25. The molecule has 0 radical (unpaired) electrons. The fraction of sp³-hybridized carbons (Fsp3) is 0.455. The van der Waals surface area contributed by atoms with Crippen LogP contribution in [-0.4, -0.2) is 23.5 Å². The zero-order valence-corrected chi connectivity index (χ0v) is 10.6. The first-order valence-electron chi connectivity index (χ1n) is 5.33. The Hall–Kier alpha value is -0.585. The Morgan fingerprint density at radius 2 is 1.50 bits per heavy atom. The summed E-state index contributed by atoms with van der Waals surface area (Å²) >= 11 is 0. The number of hydrogen-bond acceptors (Lipinski definition) is 0. The van der Waals surface area contributed by atoms with Gasteiger partial charge in [0.2, 0.25) is 0 Å². The molecule has 0 bridgehead atoms. The maximum Gasteiger partial charge on any atom is 0.139 e. The predicted molar refractivity (Wildman–Crippen MR) is 74.4 cm³/mol. The summed E-state index contributed by atoms with van der Waals surface area (Å²) in [5.41, 5.74) is 7.51. The number of benzene rings is 1. The molecular weight excluding hydrogens is 165 g/mol. The van der Waals surface area contributed by atoms with E-state index >= 15 is 0 Å². The maximum atomic E-state index is 2.34. The Morgan fingerprint density at radius 1 is 1.00 bits per heavy atom. The van der Waals surface area contributed by atoms with Crippen molar-refractivity contribution in [1.29, 1.82) is 0 Å². The molecule has 0 aromatic heterocycles. The summed E-state index contributed by atoms with van der Waals surface area (Å²) in [6.45, 7) is 9.06. The molecule has 1 aromatic carbocycles. The minimum Gasteiger partial charge on any atom is -0.0925 e. The molecule has 0 atom stereocenters. The molecule has 1 aromatic rings. The van der Waals surface area contributed by atoms with Gasteiger partial charge in [0, 0.05) is 0 Å². The highest BCUT2D eigenvalue weighted by atomic mass is 14.2. The van der Waals surface area contributed by atoms with Crippen LogP contribution in [0.1, 0.15) is 31.9 Å². The first kappa shape index (κ1) is 11.5. The topological polar surface area (TPSA) is 0 Å². The lowest BCUT2D eigenvalue weighted by Crippen LogP contribution is -2.40. The van der Waals surface area contributed by atoms with E-state index in [4.69, 9.17) is 0 Å². The lowest BCUT2D eigenvalue weighted by molar-refractivity contribution is 0.595. The standard InChI is InChI=1S/C11H19B3/c1-6-8(12)5-7(11(2,3)4)10(14)9(6)13/h5H,12-14H2,1-4H3. The van der Waals surface area contributed by atoms with E-state index in [0.717, 1.165) is 0 Å². The third kappa shape index (κ3) is 1.92. The predicted octanol–water partition coefficient (Wildman–Crippen LogP) is -1.93. The van der Waals surface area contributed by atoms with Crippen molar-refractivity contribution < 1.29 is 0 Å². The van der Waals surface area contributed by atoms with Gasteiger partial charge in [-0.25, -0.2) is 0 Å². The van der Waals surface area contributed by atoms with Crippen LogP contribution in [0.5, 0.6) is 0 Å². The van der Waals surface area contributed by atoms with Gasteiger partial charge in [-0.05, 0) is 12.3 Å². The number of hydrogen-bond donors (Lipinski definition) is 0. The first-order chi connectivity index (χ1) is 6.25. The number of rotatable bonds is 0. The van der Waals surface area contributed by atoms with E-state index in [1.807, 2.05) is 0 Å². The third-order valence-electron chi connectivity index (χ3n) is 3.29. The fourth-order valence-corrected chi connectivity index (χ4v) is 1.99. The van der Waals surface area contributed by atoms with Crippen LogP contribution in [0, 0.1) is 6.92 Å². The zero-order chi connectivity index (χ0) is 11.1. The molecule has 0 heterocycles. The van der Waals surface area contributed by atoms with Crippen LogP contribution in [0.15, 0.2) is 6.07 Å². The lowest BCUT2D eigenvalue weighted by atomic mass is 9.66. The Labute approximate surface area is 90.7 Å². The maximum absolute atomic E-state index is 2.34. The van der Waals surface area contributed by atoms with Crippen molar-refractivity contribution in [2.24, 2.45) is 0 Å². The third-order valence-corrected chi connectivity index (χ3v) is 3.29. The Kier molecular flexibility index (Phi) is 2.89. The van der Waals surface area contributed by atoms with Gasteiger partial charge in [0.1, 0.15) is 23.5 Å². The molecule has 0 aliphatic heterocycles. The second-order valence-corrected chi connectivity index (χ2v) is 5.37. The van der Waals surface area contributed by atoms with E-state index in [9.17, 15) is 0 Å².